The first-order valence-corrected chi connectivity index (χ1v) is 7.22. The fourth-order valence-electron chi connectivity index (χ4n) is 2.66. The molecule has 3 unspecified atom stereocenters. The third-order valence-electron chi connectivity index (χ3n) is 3.84. The predicted molar refractivity (Wildman–Crippen MR) is 74.9 cm³/mol. The molecule has 0 bridgehead atoms. The standard InChI is InChI=1S/C15H24N2O2/c16-11-13(14-6-1-3-9-17-14)15(18)8-7-12-5-2-4-10-19-12/h1,3,6,9,12-13,15,18H,2,4-5,7-8,10-11,16H2. The molecule has 4 nitrogen and oxygen atoms in total. The van der Waals surface area contributed by atoms with E-state index in [2.05, 4.69) is 4.98 Å². The number of pyridine rings is 1. The summed E-state index contributed by atoms with van der Waals surface area (Å²) in [6.45, 7) is 1.28. The average molecular weight is 264 g/mol. The summed E-state index contributed by atoms with van der Waals surface area (Å²) in [5.41, 5.74) is 6.66. The van der Waals surface area contributed by atoms with Gasteiger partial charge in [-0.3, -0.25) is 4.98 Å². The third kappa shape index (κ3) is 4.27. The van der Waals surface area contributed by atoms with Gasteiger partial charge < -0.3 is 15.6 Å². The fourth-order valence-corrected chi connectivity index (χ4v) is 2.66. The van der Waals surface area contributed by atoms with E-state index in [1.807, 2.05) is 18.2 Å². The monoisotopic (exact) mass is 264 g/mol. The molecule has 0 aliphatic carbocycles. The van der Waals surface area contributed by atoms with Crippen molar-refractivity contribution in [1.82, 2.24) is 4.98 Å². The van der Waals surface area contributed by atoms with Crippen LogP contribution in [0.25, 0.3) is 0 Å². The lowest BCUT2D eigenvalue weighted by molar-refractivity contribution is 0.000326. The summed E-state index contributed by atoms with van der Waals surface area (Å²) in [6, 6.07) is 5.74. The summed E-state index contributed by atoms with van der Waals surface area (Å²) in [5.74, 6) is -0.0789. The maximum Gasteiger partial charge on any atom is 0.0637 e. The second-order valence-corrected chi connectivity index (χ2v) is 5.23. The minimum absolute atomic E-state index is 0.0789. The summed E-state index contributed by atoms with van der Waals surface area (Å²) >= 11 is 0. The molecule has 106 valence electrons. The van der Waals surface area contributed by atoms with E-state index in [9.17, 15) is 5.11 Å². The van der Waals surface area contributed by atoms with E-state index in [1.54, 1.807) is 6.20 Å². The van der Waals surface area contributed by atoms with Gasteiger partial charge in [0, 0.05) is 31.0 Å². The number of aromatic nitrogens is 1. The first-order chi connectivity index (χ1) is 9.31. The minimum Gasteiger partial charge on any atom is -0.392 e. The minimum atomic E-state index is -0.439. The van der Waals surface area contributed by atoms with E-state index in [1.165, 1.54) is 12.8 Å². The number of hydrogen-bond acceptors (Lipinski definition) is 4. The van der Waals surface area contributed by atoms with Crippen LogP contribution in [0.4, 0.5) is 0 Å². The second kappa shape index (κ2) is 7.58. The van der Waals surface area contributed by atoms with Crippen molar-refractivity contribution in [2.45, 2.75) is 50.2 Å². The van der Waals surface area contributed by atoms with Gasteiger partial charge in [0.1, 0.15) is 0 Å². The summed E-state index contributed by atoms with van der Waals surface area (Å²) in [5, 5.41) is 10.3. The Morgan fingerprint density at radius 3 is 2.95 bits per heavy atom. The maximum atomic E-state index is 10.3. The summed E-state index contributed by atoms with van der Waals surface area (Å²) in [4.78, 5) is 4.29. The number of nitrogens with two attached hydrogens (primary N) is 1. The van der Waals surface area contributed by atoms with Gasteiger partial charge in [0.2, 0.25) is 0 Å². The van der Waals surface area contributed by atoms with E-state index in [-0.39, 0.29) is 5.92 Å². The SMILES string of the molecule is NCC(c1ccccn1)C(O)CCC1CCCCO1. The fraction of sp³-hybridized carbons (Fsp3) is 0.667. The molecule has 1 saturated heterocycles. The molecule has 1 aromatic heterocycles. The average Bonchev–Trinajstić information content (AvgIpc) is 2.48. The molecule has 19 heavy (non-hydrogen) atoms. The Balaban J connectivity index is 1.84. The lowest BCUT2D eigenvalue weighted by Gasteiger charge is -2.26. The van der Waals surface area contributed by atoms with Crippen LogP contribution in [0.2, 0.25) is 0 Å². The van der Waals surface area contributed by atoms with Gasteiger partial charge in [0.15, 0.2) is 0 Å². The summed E-state index contributed by atoms with van der Waals surface area (Å²) in [7, 11) is 0. The number of ether oxygens (including phenoxy) is 1. The number of hydrogen-bond donors (Lipinski definition) is 2. The van der Waals surface area contributed by atoms with Gasteiger partial charge in [-0.05, 0) is 44.2 Å². The number of nitrogens with zero attached hydrogens (tertiary/aromatic N) is 1. The predicted octanol–water partition coefficient (Wildman–Crippen LogP) is 1.83. The Bertz CT molecular complexity index is 352. The highest BCUT2D eigenvalue weighted by atomic mass is 16.5. The Morgan fingerprint density at radius 2 is 2.32 bits per heavy atom. The van der Waals surface area contributed by atoms with E-state index < -0.39 is 6.10 Å². The molecule has 0 radical (unpaired) electrons. The maximum absolute atomic E-state index is 10.3. The van der Waals surface area contributed by atoms with Crippen LogP contribution in [0, 0.1) is 0 Å². The van der Waals surface area contributed by atoms with Gasteiger partial charge in [0.25, 0.3) is 0 Å². The van der Waals surface area contributed by atoms with Gasteiger partial charge in [0.05, 0.1) is 12.2 Å². The highest BCUT2D eigenvalue weighted by molar-refractivity contribution is 5.11. The van der Waals surface area contributed by atoms with Crippen molar-refractivity contribution in [1.29, 1.82) is 0 Å². The highest BCUT2D eigenvalue weighted by Crippen LogP contribution is 2.23. The zero-order chi connectivity index (χ0) is 13.5. The quantitative estimate of drug-likeness (QED) is 0.822. The number of rotatable bonds is 6. The van der Waals surface area contributed by atoms with Crippen LogP contribution < -0.4 is 5.73 Å². The molecule has 1 aliphatic heterocycles. The molecule has 1 aromatic rings. The molecular formula is C15H24N2O2. The lowest BCUT2D eigenvalue weighted by atomic mass is 9.92. The van der Waals surface area contributed by atoms with Crippen molar-refractivity contribution in [2.75, 3.05) is 13.2 Å². The summed E-state index contributed by atoms with van der Waals surface area (Å²) < 4.78 is 5.69. The van der Waals surface area contributed by atoms with Crippen LogP contribution in [-0.2, 0) is 4.74 Å². The molecule has 3 atom stereocenters. The molecule has 2 rings (SSSR count). The molecule has 0 amide bonds. The van der Waals surface area contributed by atoms with E-state index >= 15 is 0 Å². The van der Waals surface area contributed by atoms with Gasteiger partial charge in [-0.25, -0.2) is 0 Å². The summed E-state index contributed by atoms with van der Waals surface area (Å²) in [6.07, 6.45) is 6.77. The highest BCUT2D eigenvalue weighted by Gasteiger charge is 2.23. The van der Waals surface area contributed by atoms with Gasteiger partial charge in [-0.15, -0.1) is 0 Å². The first-order valence-electron chi connectivity index (χ1n) is 7.22. The molecule has 2 heterocycles. The number of aliphatic hydroxyl groups is 1. The largest absolute Gasteiger partial charge is 0.392 e. The van der Waals surface area contributed by atoms with Crippen molar-refractivity contribution in [3.05, 3.63) is 30.1 Å². The van der Waals surface area contributed by atoms with E-state index in [0.717, 1.165) is 31.6 Å². The van der Waals surface area contributed by atoms with Gasteiger partial charge in [-0.2, -0.15) is 0 Å². The van der Waals surface area contributed by atoms with Crippen molar-refractivity contribution in [3.63, 3.8) is 0 Å². The molecule has 0 spiro atoms. The molecule has 0 saturated carbocycles. The molecule has 0 aromatic carbocycles. The molecule has 1 aliphatic rings. The normalized spacial score (nSPS) is 22.9. The Hall–Kier alpha value is -0.970. The van der Waals surface area contributed by atoms with Gasteiger partial charge >= 0.3 is 0 Å². The van der Waals surface area contributed by atoms with E-state index in [0.29, 0.717) is 12.6 Å². The molecular weight excluding hydrogens is 240 g/mol. The van der Waals surface area contributed by atoms with Crippen molar-refractivity contribution < 1.29 is 9.84 Å². The first kappa shape index (κ1) is 14.4. The van der Waals surface area contributed by atoms with Crippen LogP contribution in [0.15, 0.2) is 24.4 Å². The van der Waals surface area contributed by atoms with Crippen molar-refractivity contribution in [3.8, 4) is 0 Å². The third-order valence-corrected chi connectivity index (χ3v) is 3.84. The van der Waals surface area contributed by atoms with Gasteiger partial charge in [-0.1, -0.05) is 6.07 Å². The lowest BCUT2D eigenvalue weighted by Crippen LogP contribution is -2.28. The molecule has 1 fully saturated rings. The van der Waals surface area contributed by atoms with Crippen molar-refractivity contribution >= 4 is 0 Å². The Labute approximate surface area is 115 Å². The van der Waals surface area contributed by atoms with Crippen LogP contribution >= 0.6 is 0 Å². The van der Waals surface area contributed by atoms with Crippen LogP contribution in [0.1, 0.15) is 43.7 Å². The Kier molecular flexibility index (Phi) is 5.76. The van der Waals surface area contributed by atoms with E-state index in [4.69, 9.17) is 10.5 Å². The van der Waals surface area contributed by atoms with Crippen LogP contribution in [0.3, 0.4) is 0 Å². The second-order valence-electron chi connectivity index (χ2n) is 5.23. The van der Waals surface area contributed by atoms with Crippen molar-refractivity contribution in [2.24, 2.45) is 5.73 Å². The molecule has 3 N–H and O–H groups in total. The Morgan fingerprint density at radius 1 is 1.42 bits per heavy atom. The van der Waals surface area contributed by atoms with Crippen LogP contribution in [-0.4, -0.2) is 35.5 Å². The van der Waals surface area contributed by atoms with Crippen LogP contribution in [0.5, 0.6) is 0 Å². The smallest absolute Gasteiger partial charge is 0.0637 e. The zero-order valence-electron chi connectivity index (χ0n) is 11.4. The zero-order valence-corrected chi connectivity index (χ0v) is 11.4. The topological polar surface area (TPSA) is 68.4 Å². The molecule has 4 heteroatoms. The number of aliphatic hydroxyl groups excluding tert-OH is 1.